The van der Waals surface area contributed by atoms with Gasteiger partial charge in [-0.3, -0.25) is 9.59 Å². The number of halogens is 2. The van der Waals surface area contributed by atoms with Gasteiger partial charge in [0.05, 0.1) is 25.2 Å². The van der Waals surface area contributed by atoms with E-state index in [9.17, 15) is 24.3 Å². The number of furan rings is 1. The van der Waals surface area contributed by atoms with Crippen molar-refractivity contribution >= 4 is 34.8 Å². The van der Waals surface area contributed by atoms with Gasteiger partial charge in [-0.1, -0.05) is 43.5 Å². The van der Waals surface area contributed by atoms with E-state index >= 15 is 8.78 Å². The molecule has 9 nitrogen and oxygen atoms in total. The minimum atomic E-state index is -2.36. The number of carbonyl (C=O) groups excluding carboxylic acids is 4. The molecule has 3 unspecified atom stereocenters. The number of fused-ring (bicyclic) bond motifs is 5. The molecule has 44 heavy (non-hydrogen) atoms. The van der Waals surface area contributed by atoms with Crippen molar-refractivity contribution in [3.05, 3.63) is 48.0 Å². The lowest BCUT2D eigenvalue weighted by Gasteiger charge is -2.63. The molecule has 9 atom stereocenters. The highest BCUT2D eigenvalue weighted by Crippen LogP contribution is 2.72. The lowest BCUT2D eigenvalue weighted by molar-refractivity contribution is -0.221. The molecule has 12 heteroatoms. The van der Waals surface area contributed by atoms with E-state index < -0.39 is 75.2 Å². The highest BCUT2D eigenvalue weighted by molar-refractivity contribution is 8.14. The third-order valence-electron chi connectivity index (χ3n) is 10.3. The minimum Gasteiger partial charge on any atom is -0.457 e. The number of ketones is 1. The first-order chi connectivity index (χ1) is 20.8. The van der Waals surface area contributed by atoms with Crippen LogP contribution in [-0.2, 0) is 23.8 Å². The number of esters is 1. The summed E-state index contributed by atoms with van der Waals surface area (Å²) >= 11 is 0.783. The number of ether oxygens (including phenoxy) is 3. The fraction of sp³-hybridized carbons (Fsp3) is 0.562. The Morgan fingerprint density at radius 1 is 1.20 bits per heavy atom. The fourth-order valence-electron chi connectivity index (χ4n) is 8.27. The molecule has 0 spiro atoms. The van der Waals surface area contributed by atoms with Gasteiger partial charge in [0.2, 0.25) is 10.9 Å². The van der Waals surface area contributed by atoms with Gasteiger partial charge < -0.3 is 23.7 Å². The van der Waals surface area contributed by atoms with Crippen molar-refractivity contribution in [2.45, 2.75) is 63.6 Å². The number of aliphatic hydroxyl groups excluding tert-OH is 1. The maximum Gasteiger partial charge on any atom is 0.508 e. The Labute approximate surface area is 257 Å². The predicted molar refractivity (Wildman–Crippen MR) is 154 cm³/mol. The van der Waals surface area contributed by atoms with Crippen LogP contribution < -0.4 is 0 Å². The van der Waals surface area contributed by atoms with Gasteiger partial charge in [-0.25, -0.2) is 18.4 Å². The van der Waals surface area contributed by atoms with Gasteiger partial charge >= 0.3 is 12.1 Å². The zero-order valence-electron chi connectivity index (χ0n) is 24.8. The molecule has 0 aliphatic heterocycles. The summed E-state index contributed by atoms with van der Waals surface area (Å²) in [7, 11) is 1.16. The van der Waals surface area contributed by atoms with Gasteiger partial charge in [0.1, 0.15) is 6.17 Å². The van der Waals surface area contributed by atoms with E-state index in [-0.39, 0.29) is 43.0 Å². The Hall–Kier alpha value is -3.43. The number of hydrogen-bond acceptors (Lipinski definition) is 10. The van der Waals surface area contributed by atoms with Gasteiger partial charge in [-0.05, 0) is 62.0 Å². The molecular weight excluding hydrogens is 598 g/mol. The summed E-state index contributed by atoms with van der Waals surface area (Å²) in [6, 6.07) is 2.89. The summed E-state index contributed by atoms with van der Waals surface area (Å²) in [6.07, 6.45) is 0.335. The number of rotatable bonds is 5. The third-order valence-corrected chi connectivity index (χ3v) is 11.1. The van der Waals surface area contributed by atoms with Gasteiger partial charge in [0.25, 0.3) is 0 Å². The number of hydrogen-bond donors (Lipinski definition) is 1. The molecule has 1 aromatic heterocycles. The SMILES string of the molecule is COC(=O)OCC#CCSC(=O)[C@@]1(OC(=O)c2ccco2)[C@H](C)CC2C3C[C@H](F)C4=CC(=O)C=C[C@]4(C)[C@@]3(F)C(O)C[C@@]21C. The Kier molecular flexibility index (Phi) is 8.35. The Morgan fingerprint density at radius 2 is 1.95 bits per heavy atom. The molecule has 1 heterocycles. The predicted octanol–water partition coefficient (Wildman–Crippen LogP) is 4.79. The molecular formula is C32H34F2O9S. The molecule has 0 radical (unpaired) electrons. The topological polar surface area (TPSA) is 129 Å². The van der Waals surface area contributed by atoms with Crippen LogP contribution in [0.3, 0.4) is 0 Å². The van der Waals surface area contributed by atoms with E-state index in [1.165, 1.54) is 37.5 Å². The number of carbonyl (C=O) groups is 4. The van der Waals surface area contributed by atoms with E-state index in [2.05, 4.69) is 16.6 Å². The van der Waals surface area contributed by atoms with Crippen LogP contribution in [0, 0.1) is 40.4 Å². The van der Waals surface area contributed by atoms with E-state index in [4.69, 9.17) is 13.9 Å². The van der Waals surface area contributed by atoms with E-state index in [1.807, 2.05) is 0 Å². The van der Waals surface area contributed by atoms with E-state index in [0.717, 1.165) is 24.9 Å². The smallest absolute Gasteiger partial charge is 0.457 e. The van der Waals surface area contributed by atoms with Crippen molar-refractivity contribution in [1.29, 1.82) is 0 Å². The van der Waals surface area contributed by atoms with Crippen molar-refractivity contribution < 1.29 is 51.7 Å². The van der Waals surface area contributed by atoms with E-state index in [0.29, 0.717) is 0 Å². The molecule has 236 valence electrons. The number of thioether (sulfide) groups is 1. The lowest BCUT2D eigenvalue weighted by Crippen LogP contribution is -2.70. The average molecular weight is 633 g/mol. The first-order valence-electron chi connectivity index (χ1n) is 14.3. The molecule has 0 aromatic carbocycles. The summed E-state index contributed by atoms with van der Waals surface area (Å²) in [6.45, 7) is 4.65. The van der Waals surface area contributed by atoms with Crippen molar-refractivity contribution in [3.8, 4) is 11.8 Å². The monoisotopic (exact) mass is 632 g/mol. The summed E-state index contributed by atoms with van der Waals surface area (Å²) < 4.78 is 53.9. The second-order valence-electron chi connectivity index (χ2n) is 12.3. The lowest BCUT2D eigenvalue weighted by atomic mass is 9.44. The van der Waals surface area contributed by atoms with Crippen LogP contribution in [0.25, 0.3) is 0 Å². The van der Waals surface area contributed by atoms with Gasteiger partial charge in [-0.2, -0.15) is 0 Å². The first kappa shape index (κ1) is 32.0. The van der Waals surface area contributed by atoms with Crippen LogP contribution in [0.2, 0.25) is 0 Å². The fourth-order valence-corrected chi connectivity index (χ4v) is 9.27. The molecule has 3 fully saturated rings. The number of alkyl halides is 2. The Balaban J connectivity index is 1.52. The van der Waals surface area contributed by atoms with Crippen molar-refractivity contribution in [1.82, 2.24) is 0 Å². The Morgan fingerprint density at radius 3 is 2.64 bits per heavy atom. The average Bonchev–Trinajstić information content (AvgIpc) is 3.60. The van der Waals surface area contributed by atoms with Crippen LogP contribution >= 0.6 is 11.8 Å². The molecule has 1 aromatic rings. The molecule has 4 aliphatic rings. The first-order valence-corrected chi connectivity index (χ1v) is 15.3. The van der Waals surface area contributed by atoms with Crippen LogP contribution in [0.4, 0.5) is 13.6 Å². The normalized spacial score (nSPS) is 38.7. The third kappa shape index (κ3) is 4.62. The van der Waals surface area contributed by atoms with Crippen LogP contribution in [-0.4, -0.2) is 71.1 Å². The molecule has 5 rings (SSSR count). The maximum atomic E-state index is 17.6. The highest BCUT2D eigenvalue weighted by Gasteiger charge is 2.78. The summed E-state index contributed by atoms with van der Waals surface area (Å²) in [5.74, 6) is 1.38. The van der Waals surface area contributed by atoms with Crippen molar-refractivity contribution in [2.24, 2.45) is 28.6 Å². The van der Waals surface area contributed by atoms with Crippen LogP contribution in [0.1, 0.15) is 50.6 Å². The van der Waals surface area contributed by atoms with Gasteiger partial charge in [0.15, 0.2) is 23.7 Å². The summed E-state index contributed by atoms with van der Waals surface area (Å²) in [4.78, 5) is 50.9. The zero-order chi connectivity index (χ0) is 32.1. The molecule has 0 bridgehead atoms. The zero-order valence-corrected chi connectivity index (χ0v) is 25.6. The van der Waals surface area contributed by atoms with Crippen molar-refractivity contribution in [2.75, 3.05) is 19.5 Å². The Bertz CT molecular complexity index is 1480. The highest BCUT2D eigenvalue weighted by atomic mass is 32.2. The van der Waals surface area contributed by atoms with Gasteiger partial charge in [0, 0.05) is 22.7 Å². The molecule has 4 aliphatic carbocycles. The summed E-state index contributed by atoms with van der Waals surface area (Å²) in [5.41, 5.74) is -7.13. The number of methoxy groups -OCH3 is 1. The van der Waals surface area contributed by atoms with E-state index in [1.54, 1.807) is 13.8 Å². The number of allylic oxidation sites excluding steroid dienone is 4. The van der Waals surface area contributed by atoms with Crippen LogP contribution in [0.5, 0.6) is 0 Å². The maximum absolute atomic E-state index is 17.6. The molecule has 3 saturated carbocycles. The standard InChI is InChI=1S/C32H34F2O9S/c1-18-14-20-21-16-23(33)22-15-19(35)9-10-29(22,2)31(21,34)25(36)17-30(20,3)32(18,43-26(37)24-8-7-12-41-24)27(38)44-13-6-5-11-42-28(39)40-4/h7-10,12,15,18,20-21,23,25,36H,11,13-14,16-17H2,1-4H3/t18-,20?,21?,23+,25?,29+,30+,31+,32+/m1/s1. The largest absolute Gasteiger partial charge is 0.508 e. The molecule has 0 amide bonds. The quantitative estimate of drug-likeness (QED) is 0.358. The second-order valence-corrected chi connectivity index (χ2v) is 13.2. The molecule has 0 saturated heterocycles. The second kappa shape index (κ2) is 11.5. The summed E-state index contributed by atoms with van der Waals surface area (Å²) in [5, 5.41) is 11.1. The van der Waals surface area contributed by atoms with Crippen LogP contribution in [0.15, 0.2) is 46.6 Å². The molecule has 1 N–H and O–H groups in total. The number of aliphatic hydroxyl groups is 1. The van der Waals surface area contributed by atoms with Crippen molar-refractivity contribution in [3.63, 3.8) is 0 Å². The van der Waals surface area contributed by atoms with Gasteiger partial charge in [-0.15, -0.1) is 0 Å². The minimum absolute atomic E-state index is 0.00524.